The van der Waals surface area contributed by atoms with Crippen molar-refractivity contribution in [2.75, 3.05) is 38.1 Å². The Hall–Kier alpha value is -1.26. The van der Waals surface area contributed by atoms with Crippen molar-refractivity contribution in [1.82, 2.24) is 10.2 Å². The molecule has 27 heavy (non-hydrogen) atoms. The van der Waals surface area contributed by atoms with E-state index >= 15 is 0 Å². The molecule has 0 bridgehead atoms. The monoisotopic (exact) mass is 395 g/mol. The first kappa shape index (κ1) is 23.8. The maximum absolute atomic E-state index is 12.5. The summed E-state index contributed by atoms with van der Waals surface area (Å²) in [6.07, 6.45) is 12.0. The Balaban J connectivity index is 0.00000364. The second kappa shape index (κ2) is 13.8. The van der Waals surface area contributed by atoms with Crippen molar-refractivity contribution in [3.63, 3.8) is 0 Å². The van der Waals surface area contributed by atoms with Crippen LogP contribution in [0.5, 0.6) is 0 Å². The van der Waals surface area contributed by atoms with Crippen LogP contribution in [0.4, 0.5) is 10.5 Å². The maximum Gasteiger partial charge on any atom is 0.324 e. The van der Waals surface area contributed by atoms with Crippen LogP contribution in [0, 0.1) is 0 Å². The van der Waals surface area contributed by atoms with Gasteiger partial charge in [-0.15, -0.1) is 12.4 Å². The topological polar surface area (TPSA) is 35.6 Å². The van der Waals surface area contributed by atoms with Crippen LogP contribution in [-0.2, 0) is 6.42 Å². The number of anilines is 1. The van der Waals surface area contributed by atoms with E-state index in [1.165, 1.54) is 56.9 Å². The molecule has 1 aliphatic heterocycles. The maximum atomic E-state index is 12.5. The quantitative estimate of drug-likeness (QED) is 0.549. The SMILES string of the molecule is CCCCCCCCCCc1ccc(N(C)C(=O)N2CCNCC2)cc1.Cl. The van der Waals surface area contributed by atoms with Gasteiger partial charge in [0, 0.05) is 38.9 Å². The number of nitrogens with zero attached hydrogens (tertiary/aromatic N) is 2. The summed E-state index contributed by atoms with van der Waals surface area (Å²) in [5, 5.41) is 3.28. The fourth-order valence-corrected chi connectivity index (χ4v) is 3.53. The van der Waals surface area contributed by atoms with Gasteiger partial charge in [-0.25, -0.2) is 4.79 Å². The molecule has 1 fully saturated rings. The summed E-state index contributed by atoms with van der Waals surface area (Å²) >= 11 is 0. The molecule has 0 radical (unpaired) electrons. The number of aryl methyl sites for hydroxylation is 1. The van der Waals surface area contributed by atoms with Gasteiger partial charge in [-0.2, -0.15) is 0 Å². The lowest BCUT2D eigenvalue weighted by Crippen LogP contribution is -2.50. The summed E-state index contributed by atoms with van der Waals surface area (Å²) in [7, 11) is 1.87. The molecule has 0 spiro atoms. The van der Waals surface area contributed by atoms with E-state index in [-0.39, 0.29) is 18.4 Å². The van der Waals surface area contributed by atoms with E-state index in [9.17, 15) is 4.79 Å². The van der Waals surface area contributed by atoms with Gasteiger partial charge in [0.05, 0.1) is 0 Å². The lowest BCUT2D eigenvalue weighted by Gasteiger charge is -2.31. The largest absolute Gasteiger partial charge is 0.324 e. The molecule has 0 atom stereocenters. The standard InChI is InChI=1S/C22H37N3O.ClH/c1-3-4-5-6-7-8-9-10-11-20-12-14-21(15-13-20)24(2)22(26)25-18-16-23-17-19-25;/h12-15,23H,3-11,16-19H2,1-2H3;1H. The van der Waals surface area contributed by atoms with Crippen LogP contribution in [0.25, 0.3) is 0 Å². The minimum Gasteiger partial charge on any atom is -0.322 e. The minimum absolute atomic E-state index is 0. The van der Waals surface area contributed by atoms with Gasteiger partial charge in [-0.3, -0.25) is 4.90 Å². The lowest BCUT2D eigenvalue weighted by atomic mass is 10.0. The second-order valence-corrected chi connectivity index (χ2v) is 7.47. The molecule has 2 rings (SSSR count). The molecule has 1 N–H and O–H groups in total. The molecule has 2 amide bonds. The van der Waals surface area contributed by atoms with E-state index < -0.39 is 0 Å². The third kappa shape index (κ3) is 8.52. The van der Waals surface area contributed by atoms with Gasteiger partial charge in [0.2, 0.25) is 0 Å². The lowest BCUT2D eigenvalue weighted by molar-refractivity contribution is 0.198. The molecule has 4 nitrogen and oxygen atoms in total. The van der Waals surface area contributed by atoms with Crippen molar-refractivity contribution in [3.8, 4) is 0 Å². The Morgan fingerprint density at radius 1 is 0.963 bits per heavy atom. The van der Waals surface area contributed by atoms with Gasteiger partial charge in [0.15, 0.2) is 0 Å². The number of unbranched alkanes of at least 4 members (excludes halogenated alkanes) is 7. The number of rotatable bonds is 10. The Kier molecular flexibility index (Phi) is 12.2. The smallest absolute Gasteiger partial charge is 0.322 e. The highest BCUT2D eigenvalue weighted by Crippen LogP contribution is 2.18. The van der Waals surface area contributed by atoms with Gasteiger partial charge in [-0.05, 0) is 30.5 Å². The average molecular weight is 396 g/mol. The number of amides is 2. The first-order valence-electron chi connectivity index (χ1n) is 10.5. The molecule has 1 aromatic rings. The van der Waals surface area contributed by atoms with Crippen molar-refractivity contribution < 1.29 is 4.79 Å². The van der Waals surface area contributed by atoms with E-state index in [0.717, 1.165) is 38.3 Å². The van der Waals surface area contributed by atoms with Gasteiger partial charge >= 0.3 is 6.03 Å². The zero-order chi connectivity index (χ0) is 18.6. The van der Waals surface area contributed by atoms with Gasteiger partial charge < -0.3 is 10.2 Å². The van der Waals surface area contributed by atoms with Gasteiger partial charge in [0.25, 0.3) is 0 Å². The van der Waals surface area contributed by atoms with Crippen molar-refractivity contribution in [2.24, 2.45) is 0 Å². The average Bonchev–Trinajstić information content (AvgIpc) is 2.70. The van der Waals surface area contributed by atoms with Crippen molar-refractivity contribution in [2.45, 2.75) is 64.7 Å². The first-order valence-corrected chi connectivity index (χ1v) is 10.5. The summed E-state index contributed by atoms with van der Waals surface area (Å²) < 4.78 is 0. The Morgan fingerprint density at radius 3 is 2.11 bits per heavy atom. The predicted octanol–water partition coefficient (Wildman–Crippen LogP) is 5.25. The van der Waals surface area contributed by atoms with Crippen LogP contribution >= 0.6 is 12.4 Å². The molecule has 0 saturated carbocycles. The van der Waals surface area contributed by atoms with E-state index in [1.54, 1.807) is 4.90 Å². The first-order chi connectivity index (χ1) is 12.7. The molecule has 0 unspecified atom stereocenters. The molecular weight excluding hydrogens is 358 g/mol. The van der Waals surface area contributed by atoms with Gasteiger partial charge in [0.1, 0.15) is 0 Å². The molecule has 0 aromatic heterocycles. The third-order valence-electron chi connectivity index (χ3n) is 5.32. The van der Waals surface area contributed by atoms with Crippen molar-refractivity contribution >= 4 is 24.1 Å². The highest BCUT2D eigenvalue weighted by molar-refractivity contribution is 5.91. The Morgan fingerprint density at radius 2 is 1.52 bits per heavy atom. The fourth-order valence-electron chi connectivity index (χ4n) is 3.53. The summed E-state index contributed by atoms with van der Waals surface area (Å²) in [5.74, 6) is 0. The molecule has 1 heterocycles. The predicted molar refractivity (Wildman–Crippen MR) is 118 cm³/mol. The summed E-state index contributed by atoms with van der Waals surface area (Å²) in [6.45, 7) is 5.62. The zero-order valence-corrected chi connectivity index (χ0v) is 18.0. The van der Waals surface area contributed by atoms with Crippen molar-refractivity contribution in [3.05, 3.63) is 29.8 Å². The normalized spacial score (nSPS) is 13.9. The van der Waals surface area contributed by atoms with Gasteiger partial charge in [-0.1, -0.05) is 64.0 Å². The van der Waals surface area contributed by atoms with Crippen LogP contribution < -0.4 is 10.2 Å². The third-order valence-corrected chi connectivity index (χ3v) is 5.32. The highest BCUT2D eigenvalue weighted by atomic mass is 35.5. The van der Waals surface area contributed by atoms with Crippen LogP contribution in [0.3, 0.4) is 0 Å². The van der Waals surface area contributed by atoms with Crippen LogP contribution in [0.2, 0.25) is 0 Å². The summed E-state index contributed by atoms with van der Waals surface area (Å²) in [4.78, 5) is 16.2. The molecule has 5 heteroatoms. The Labute approximate surface area is 172 Å². The number of halogens is 1. The number of nitrogens with one attached hydrogen (secondary N) is 1. The number of carbonyl (C=O) groups excluding carboxylic acids is 1. The number of hydrogen-bond donors (Lipinski definition) is 1. The Bertz CT molecular complexity index is 515. The van der Waals surface area contributed by atoms with Crippen LogP contribution in [-0.4, -0.2) is 44.2 Å². The summed E-state index contributed by atoms with van der Waals surface area (Å²) in [6, 6.07) is 8.62. The fraction of sp³-hybridized carbons (Fsp3) is 0.682. The minimum atomic E-state index is 0. The van der Waals surface area contributed by atoms with Crippen molar-refractivity contribution in [1.29, 1.82) is 0 Å². The number of benzene rings is 1. The zero-order valence-electron chi connectivity index (χ0n) is 17.2. The molecule has 0 aliphatic carbocycles. The molecule has 1 saturated heterocycles. The highest BCUT2D eigenvalue weighted by Gasteiger charge is 2.20. The number of piperazine rings is 1. The molecule has 154 valence electrons. The number of urea groups is 1. The summed E-state index contributed by atoms with van der Waals surface area (Å²) in [5.41, 5.74) is 2.36. The van der Waals surface area contributed by atoms with E-state index in [0.29, 0.717) is 0 Å². The number of carbonyl (C=O) groups is 1. The molecule has 1 aliphatic rings. The van der Waals surface area contributed by atoms with E-state index in [2.05, 4.69) is 36.5 Å². The van der Waals surface area contributed by atoms with Crippen LogP contribution in [0.15, 0.2) is 24.3 Å². The van der Waals surface area contributed by atoms with E-state index in [4.69, 9.17) is 0 Å². The molecule has 1 aromatic carbocycles. The van der Waals surface area contributed by atoms with Crippen LogP contribution in [0.1, 0.15) is 63.9 Å². The van der Waals surface area contributed by atoms with E-state index in [1.807, 2.05) is 11.9 Å². The molecular formula is C22H38ClN3O. The number of hydrogen-bond acceptors (Lipinski definition) is 2. The second-order valence-electron chi connectivity index (χ2n) is 7.47.